The summed E-state index contributed by atoms with van der Waals surface area (Å²) in [6, 6.07) is 15.4. The highest BCUT2D eigenvalue weighted by Crippen LogP contribution is 2.37. The number of amides is 3. The molecule has 212 valence electrons. The molecule has 7 nitrogen and oxygen atoms in total. The summed E-state index contributed by atoms with van der Waals surface area (Å²) in [4.78, 5) is 46.8. The Morgan fingerprint density at radius 1 is 0.725 bits per heavy atom. The van der Waals surface area contributed by atoms with Gasteiger partial charge in [0.2, 0.25) is 11.8 Å². The number of likely N-dealkylation sites (tertiary alicyclic amines) is 1. The molecule has 0 spiro atoms. The van der Waals surface area contributed by atoms with Crippen molar-refractivity contribution in [1.29, 1.82) is 0 Å². The summed E-state index contributed by atoms with van der Waals surface area (Å²) >= 11 is 0. The molecule has 0 unspecified atom stereocenters. The molecule has 0 radical (unpaired) electrons. The zero-order valence-corrected chi connectivity index (χ0v) is 22.7. The van der Waals surface area contributed by atoms with E-state index in [1.54, 1.807) is 4.90 Å². The number of carbonyl (C=O) groups excluding carboxylic acids is 3. The van der Waals surface area contributed by atoms with Crippen LogP contribution in [0.2, 0.25) is 0 Å². The minimum Gasteiger partial charge on any atom is -0.338 e. The SMILES string of the molecule is O=C(c1ccccc1)N1CCN(C2CN(C(=O)c3ccc4c(c3)CCN(C(=O)C3CCC(F)(F)CC3)C4)C2)CC1. The van der Waals surface area contributed by atoms with E-state index in [1.165, 1.54) is 0 Å². The topological polar surface area (TPSA) is 64.2 Å². The highest BCUT2D eigenvalue weighted by atomic mass is 19.3. The van der Waals surface area contributed by atoms with Gasteiger partial charge in [0.15, 0.2) is 0 Å². The highest BCUT2D eigenvalue weighted by Gasteiger charge is 2.40. The van der Waals surface area contributed by atoms with Gasteiger partial charge in [0, 0.05) is 88.3 Å². The van der Waals surface area contributed by atoms with E-state index in [0.29, 0.717) is 57.3 Å². The Morgan fingerprint density at radius 2 is 1.40 bits per heavy atom. The number of fused-ring (bicyclic) bond motifs is 1. The van der Waals surface area contributed by atoms with Crippen molar-refractivity contribution in [1.82, 2.24) is 19.6 Å². The second kappa shape index (κ2) is 10.9. The van der Waals surface area contributed by atoms with Crippen LogP contribution in [0.25, 0.3) is 0 Å². The van der Waals surface area contributed by atoms with Crippen LogP contribution < -0.4 is 0 Å². The van der Waals surface area contributed by atoms with E-state index in [1.807, 2.05) is 58.3 Å². The standard InChI is InChI=1S/C31H36F2N4O3/c32-31(33)11-8-23(9-12-31)29(39)36-13-10-24-18-25(6-7-26(24)19-36)30(40)37-20-27(21-37)34-14-16-35(17-15-34)28(38)22-4-2-1-3-5-22/h1-7,18,23,27H,8-17,19-21H2. The first kappa shape index (κ1) is 26.9. The van der Waals surface area contributed by atoms with Gasteiger partial charge in [-0.05, 0) is 54.7 Å². The average molecular weight is 551 g/mol. The van der Waals surface area contributed by atoms with Gasteiger partial charge >= 0.3 is 0 Å². The van der Waals surface area contributed by atoms with Crippen molar-refractivity contribution in [2.75, 3.05) is 45.8 Å². The van der Waals surface area contributed by atoms with Gasteiger partial charge in [-0.1, -0.05) is 24.3 Å². The molecule has 3 heterocycles. The summed E-state index contributed by atoms with van der Waals surface area (Å²) in [5, 5.41) is 0. The van der Waals surface area contributed by atoms with Crippen molar-refractivity contribution >= 4 is 17.7 Å². The fraction of sp³-hybridized carbons (Fsp3) is 0.516. The second-order valence-corrected chi connectivity index (χ2v) is 11.7. The minimum atomic E-state index is -2.64. The van der Waals surface area contributed by atoms with Crippen molar-refractivity contribution in [3.05, 3.63) is 70.8 Å². The Bertz CT molecular complexity index is 1260. The van der Waals surface area contributed by atoms with Crippen LogP contribution in [0.15, 0.2) is 48.5 Å². The third kappa shape index (κ3) is 5.48. The van der Waals surface area contributed by atoms with Gasteiger partial charge in [0.05, 0.1) is 0 Å². The molecule has 3 amide bonds. The maximum Gasteiger partial charge on any atom is 0.253 e. The number of alkyl halides is 2. The van der Waals surface area contributed by atoms with Gasteiger partial charge < -0.3 is 14.7 Å². The third-order valence-electron chi connectivity index (χ3n) is 9.13. The first-order valence-corrected chi connectivity index (χ1v) is 14.4. The number of halogens is 2. The lowest BCUT2D eigenvalue weighted by Gasteiger charge is -2.48. The smallest absolute Gasteiger partial charge is 0.253 e. The van der Waals surface area contributed by atoms with Crippen molar-refractivity contribution in [2.45, 2.75) is 50.6 Å². The van der Waals surface area contributed by atoms with E-state index in [-0.39, 0.29) is 49.3 Å². The number of piperazine rings is 1. The van der Waals surface area contributed by atoms with Gasteiger partial charge in [-0.2, -0.15) is 0 Å². The maximum atomic E-state index is 13.5. The van der Waals surface area contributed by atoms with Gasteiger partial charge in [-0.15, -0.1) is 0 Å². The van der Waals surface area contributed by atoms with Crippen LogP contribution in [0.1, 0.15) is 57.5 Å². The highest BCUT2D eigenvalue weighted by molar-refractivity contribution is 5.95. The molecule has 0 aromatic heterocycles. The molecule has 9 heteroatoms. The zero-order valence-electron chi connectivity index (χ0n) is 22.7. The number of rotatable bonds is 4. The summed E-state index contributed by atoms with van der Waals surface area (Å²) in [5.41, 5.74) is 3.50. The van der Waals surface area contributed by atoms with Crippen molar-refractivity contribution in [2.24, 2.45) is 5.92 Å². The Kier molecular flexibility index (Phi) is 7.33. The molecule has 40 heavy (non-hydrogen) atoms. The van der Waals surface area contributed by atoms with E-state index in [4.69, 9.17) is 0 Å². The molecule has 0 bridgehead atoms. The molecule has 2 aromatic carbocycles. The predicted octanol–water partition coefficient (Wildman–Crippen LogP) is 3.68. The third-order valence-corrected chi connectivity index (χ3v) is 9.13. The first-order chi connectivity index (χ1) is 19.3. The van der Waals surface area contributed by atoms with Crippen LogP contribution in [0, 0.1) is 5.92 Å². The van der Waals surface area contributed by atoms with Gasteiger partial charge in [-0.25, -0.2) is 8.78 Å². The number of nitrogens with zero attached hydrogens (tertiary/aromatic N) is 4. The summed E-state index contributed by atoms with van der Waals surface area (Å²) < 4.78 is 27.0. The van der Waals surface area contributed by atoms with Crippen LogP contribution >= 0.6 is 0 Å². The number of hydrogen-bond acceptors (Lipinski definition) is 4. The van der Waals surface area contributed by atoms with E-state index < -0.39 is 5.92 Å². The summed E-state index contributed by atoms with van der Waals surface area (Å²) in [7, 11) is 0. The zero-order chi connectivity index (χ0) is 27.9. The van der Waals surface area contributed by atoms with E-state index >= 15 is 0 Å². The molecular formula is C31H36F2N4O3. The molecule has 2 saturated heterocycles. The largest absolute Gasteiger partial charge is 0.338 e. The normalized spacial score (nSPS) is 22.0. The number of carbonyl (C=O) groups is 3. The van der Waals surface area contributed by atoms with Gasteiger partial charge in [-0.3, -0.25) is 19.3 Å². The second-order valence-electron chi connectivity index (χ2n) is 11.7. The van der Waals surface area contributed by atoms with Gasteiger partial charge in [0.1, 0.15) is 0 Å². The fourth-order valence-electron chi connectivity index (χ4n) is 6.51. The quantitative estimate of drug-likeness (QED) is 0.583. The molecule has 1 aliphatic carbocycles. The van der Waals surface area contributed by atoms with Crippen LogP contribution in [0.3, 0.4) is 0 Å². The Balaban J connectivity index is 0.981. The monoisotopic (exact) mass is 550 g/mol. The van der Waals surface area contributed by atoms with Crippen molar-refractivity contribution in [3.63, 3.8) is 0 Å². The lowest BCUT2D eigenvalue weighted by atomic mass is 9.85. The van der Waals surface area contributed by atoms with E-state index in [0.717, 1.165) is 29.8 Å². The van der Waals surface area contributed by atoms with Crippen LogP contribution in [-0.4, -0.2) is 95.1 Å². The molecule has 2 aromatic rings. The molecule has 0 N–H and O–H groups in total. The van der Waals surface area contributed by atoms with Crippen LogP contribution in [0.5, 0.6) is 0 Å². The Hall–Kier alpha value is -3.33. The van der Waals surface area contributed by atoms with Crippen LogP contribution in [0.4, 0.5) is 8.78 Å². The minimum absolute atomic E-state index is 0.0156. The van der Waals surface area contributed by atoms with Gasteiger partial charge in [0.25, 0.3) is 11.8 Å². The lowest BCUT2D eigenvalue weighted by molar-refractivity contribution is -0.140. The van der Waals surface area contributed by atoms with Crippen LogP contribution in [-0.2, 0) is 17.8 Å². The number of benzene rings is 2. The lowest BCUT2D eigenvalue weighted by Crippen LogP contribution is -2.64. The van der Waals surface area contributed by atoms with Crippen molar-refractivity contribution in [3.8, 4) is 0 Å². The first-order valence-electron chi connectivity index (χ1n) is 14.4. The molecule has 1 saturated carbocycles. The maximum absolute atomic E-state index is 13.5. The fourth-order valence-corrected chi connectivity index (χ4v) is 6.51. The molecule has 3 aliphatic heterocycles. The molecular weight excluding hydrogens is 514 g/mol. The predicted molar refractivity (Wildman–Crippen MR) is 146 cm³/mol. The number of hydrogen-bond donors (Lipinski definition) is 0. The Morgan fingerprint density at radius 3 is 2.10 bits per heavy atom. The van der Waals surface area contributed by atoms with E-state index in [9.17, 15) is 23.2 Å². The molecule has 0 atom stereocenters. The summed E-state index contributed by atoms with van der Waals surface area (Å²) in [5.74, 6) is -2.86. The van der Waals surface area contributed by atoms with Crippen molar-refractivity contribution < 1.29 is 23.2 Å². The summed E-state index contributed by atoms with van der Waals surface area (Å²) in [6.45, 7) is 5.40. The summed E-state index contributed by atoms with van der Waals surface area (Å²) in [6.07, 6.45) is 0.753. The molecule has 4 aliphatic rings. The van der Waals surface area contributed by atoms with E-state index in [2.05, 4.69) is 4.90 Å². The molecule has 3 fully saturated rings. The molecule has 6 rings (SSSR count). The Labute approximate surface area is 233 Å². The average Bonchev–Trinajstić information content (AvgIpc) is 2.96.